The van der Waals surface area contributed by atoms with Crippen LogP contribution in [-0.2, 0) is 11.3 Å². The van der Waals surface area contributed by atoms with E-state index in [1.165, 1.54) is 10.6 Å². The van der Waals surface area contributed by atoms with Crippen LogP contribution < -0.4 is 10.9 Å². The second-order valence-electron chi connectivity index (χ2n) is 6.50. The number of amides is 1. The number of hydrogen-bond acceptors (Lipinski definition) is 3. The monoisotopic (exact) mass is 381 g/mol. The molecule has 0 aliphatic heterocycles. The Balaban J connectivity index is 1.91. The quantitative estimate of drug-likeness (QED) is 0.739. The molecule has 3 rings (SSSR count). The van der Waals surface area contributed by atoms with Crippen molar-refractivity contribution < 1.29 is 4.79 Å². The second-order valence-corrected chi connectivity index (χ2v) is 6.94. The van der Waals surface area contributed by atoms with Crippen molar-refractivity contribution in [3.63, 3.8) is 0 Å². The van der Waals surface area contributed by atoms with Gasteiger partial charge in [-0.2, -0.15) is 0 Å². The molecule has 0 aliphatic carbocycles. The van der Waals surface area contributed by atoms with Gasteiger partial charge in [0.2, 0.25) is 5.91 Å². The summed E-state index contributed by atoms with van der Waals surface area (Å²) in [6.07, 6.45) is 0. The molecule has 1 heterocycles. The number of aromatic nitrogens is 2. The zero-order valence-electron chi connectivity index (χ0n) is 15.4. The summed E-state index contributed by atoms with van der Waals surface area (Å²) in [5.74, 6) is 0.146. The molecule has 0 radical (unpaired) electrons. The third-order valence-electron chi connectivity index (χ3n) is 4.33. The number of aryl methyl sites for hydroxylation is 3. The summed E-state index contributed by atoms with van der Waals surface area (Å²) in [5.41, 5.74) is 3.97. The lowest BCUT2D eigenvalue weighted by Crippen LogP contribution is -2.29. The van der Waals surface area contributed by atoms with Crippen LogP contribution in [0.3, 0.4) is 0 Å². The minimum atomic E-state index is -0.291. The zero-order chi connectivity index (χ0) is 19.6. The van der Waals surface area contributed by atoms with Gasteiger partial charge in [0.25, 0.3) is 5.56 Å². The molecule has 5 nitrogen and oxygen atoms in total. The number of halogens is 1. The predicted molar refractivity (Wildman–Crippen MR) is 108 cm³/mol. The largest absolute Gasteiger partial charge is 0.325 e. The first-order chi connectivity index (χ1) is 12.8. The summed E-state index contributed by atoms with van der Waals surface area (Å²) in [6.45, 7) is 5.62. The van der Waals surface area contributed by atoms with Crippen LogP contribution in [0.5, 0.6) is 0 Å². The lowest BCUT2D eigenvalue weighted by atomic mass is 10.1. The number of benzene rings is 2. The Morgan fingerprint density at radius 3 is 2.41 bits per heavy atom. The fourth-order valence-corrected chi connectivity index (χ4v) is 2.88. The molecule has 0 saturated heterocycles. The van der Waals surface area contributed by atoms with E-state index >= 15 is 0 Å². The van der Waals surface area contributed by atoms with E-state index in [2.05, 4.69) is 10.3 Å². The molecule has 0 saturated carbocycles. The standard InChI is InChI=1S/C21H20ClN3O2/c1-13-4-9-18(10-14(13)2)24-19(26)12-25-20(27)11-15(3)23-21(25)16-5-7-17(22)8-6-16/h4-11H,12H2,1-3H3,(H,24,26). The van der Waals surface area contributed by atoms with Gasteiger partial charge in [0.1, 0.15) is 12.4 Å². The molecule has 0 unspecified atom stereocenters. The van der Waals surface area contributed by atoms with Gasteiger partial charge in [-0.1, -0.05) is 17.7 Å². The van der Waals surface area contributed by atoms with Crippen LogP contribution in [0, 0.1) is 20.8 Å². The molecule has 0 bridgehead atoms. The predicted octanol–water partition coefficient (Wildman–Crippen LogP) is 4.13. The molecule has 3 aromatic rings. The van der Waals surface area contributed by atoms with Crippen molar-refractivity contribution in [1.82, 2.24) is 9.55 Å². The average Bonchev–Trinajstić information content (AvgIpc) is 2.61. The molecular formula is C21H20ClN3O2. The molecule has 0 atom stereocenters. The highest BCUT2D eigenvalue weighted by Gasteiger charge is 2.13. The Labute approximate surface area is 162 Å². The van der Waals surface area contributed by atoms with Gasteiger partial charge >= 0.3 is 0 Å². The smallest absolute Gasteiger partial charge is 0.254 e. The summed E-state index contributed by atoms with van der Waals surface area (Å²) in [6, 6.07) is 14.1. The summed E-state index contributed by atoms with van der Waals surface area (Å²) in [4.78, 5) is 29.5. The molecule has 138 valence electrons. The van der Waals surface area contributed by atoms with Crippen LogP contribution in [0.15, 0.2) is 53.3 Å². The molecule has 2 aromatic carbocycles. The van der Waals surface area contributed by atoms with Crippen LogP contribution in [0.4, 0.5) is 5.69 Å². The number of carbonyl (C=O) groups excluding carboxylic acids is 1. The average molecular weight is 382 g/mol. The lowest BCUT2D eigenvalue weighted by molar-refractivity contribution is -0.116. The van der Waals surface area contributed by atoms with E-state index in [-0.39, 0.29) is 18.0 Å². The Morgan fingerprint density at radius 1 is 1.04 bits per heavy atom. The first-order valence-corrected chi connectivity index (χ1v) is 8.93. The van der Waals surface area contributed by atoms with Gasteiger partial charge in [0.05, 0.1) is 0 Å². The van der Waals surface area contributed by atoms with Crippen LogP contribution in [0.2, 0.25) is 5.02 Å². The minimum Gasteiger partial charge on any atom is -0.325 e. The van der Waals surface area contributed by atoms with E-state index in [0.29, 0.717) is 22.2 Å². The second kappa shape index (κ2) is 7.76. The van der Waals surface area contributed by atoms with E-state index in [1.54, 1.807) is 31.2 Å². The van der Waals surface area contributed by atoms with Gasteiger partial charge in [-0.3, -0.25) is 14.2 Å². The maximum absolute atomic E-state index is 12.5. The molecular weight excluding hydrogens is 362 g/mol. The van der Waals surface area contributed by atoms with E-state index < -0.39 is 0 Å². The maximum Gasteiger partial charge on any atom is 0.254 e. The summed E-state index contributed by atoms with van der Waals surface area (Å²) in [7, 11) is 0. The molecule has 1 aromatic heterocycles. The van der Waals surface area contributed by atoms with Crippen molar-refractivity contribution in [2.45, 2.75) is 27.3 Å². The molecule has 1 N–H and O–H groups in total. The number of nitrogens with zero attached hydrogens (tertiary/aromatic N) is 2. The highest BCUT2D eigenvalue weighted by atomic mass is 35.5. The minimum absolute atomic E-state index is 0.128. The molecule has 0 spiro atoms. The van der Waals surface area contributed by atoms with Crippen molar-refractivity contribution in [3.8, 4) is 11.4 Å². The van der Waals surface area contributed by atoms with Crippen LogP contribution in [0.1, 0.15) is 16.8 Å². The summed E-state index contributed by atoms with van der Waals surface area (Å²) in [5, 5.41) is 3.43. The fraction of sp³-hybridized carbons (Fsp3) is 0.190. The Hall–Kier alpha value is -2.92. The topological polar surface area (TPSA) is 64.0 Å². The Kier molecular flexibility index (Phi) is 5.42. The van der Waals surface area contributed by atoms with Crippen molar-refractivity contribution in [1.29, 1.82) is 0 Å². The van der Waals surface area contributed by atoms with Crippen molar-refractivity contribution in [2.75, 3.05) is 5.32 Å². The Bertz CT molecular complexity index is 1060. The number of rotatable bonds is 4. The third-order valence-corrected chi connectivity index (χ3v) is 4.58. The van der Waals surface area contributed by atoms with Crippen molar-refractivity contribution in [2.24, 2.45) is 0 Å². The third kappa shape index (κ3) is 4.44. The number of carbonyl (C=O) groups is 1. The normalized spacial score (nSPS) is 10.7. The molecule has 0 aliphatic rings. The summed E-state index contributed by atoms with van der Waals surface area (Å²) < 4.78 is 1.37. The maximum atomic E-state index is 12.5. The first-order valence-electron chi connectivity index (χ1n) is 8.55. The molecule has 27 heavy (non-hydrogen) atoms. The zero-order valence-corrected chi connectivity index (χ0v) is 16.2. The van der Waals surface area contributed by atoms with E-state index in [4.69, 9.17) is 11.6 Å². The summed E-state index contributed by atoms with van der Waals surface area (Å²) >= 11 is 5.95. The highest BCUT2D eigenvalue weighted by molar-refractivity contribution is 6.30. The van der Waals surface area contributed by atoms with Crippen LogP contribution >= 0.6 is 11.6 Å². The van der Waals surface area contributed by atoms with Crippen LogP contribution in [-0.4, -0.2) is 15.5 Å². The van der Waals surface area contributed by atoms with Gasteiger partial charge in [-0.15, -0.1) is 0 Å². The number of nitrogens with one attached hydrogen (secondary N) is 1. The van der Waals surface area contributed by atoms with Gasteiger partial charge in [-0.05, 0) is 68.3 Å². The molecule has 1 amide bonds. The first kappa shape index (κ1) is 18.9. The van der Waals surface area contributed by atoms with E-state index in [1.807, 2.05) is 32.0 Å². The molecule has 0 fully saturated rings. The number of anilines is 1. The fourth-order valence-electron chi connectivity index (χ4n) is 2.76. The SMILES string of the molecule is Cc1cc(=O)n(CC(=O)Nc2ccc(C)c(C)c2)c(-c2ccc(Cl)cc2)n1. The van der Waals surface area contributed by atoms with Crippen molar-refractivity contribution in [3.05, 3.63) is 80.7 Å². The van der Waals surface area contributed by atoms with E-state index in [0.717, 1.165) is 16.7 Å². The van der Waals surface area contributed by atoms with Crippen LogP contribution in [0.25, 0.3) is 11.4 Å². The highest BCUT2D eigenvalue weighted by Crippen LogP contribution is 2.19. The lowest BCUT2D eigenvalue weighted by Gasteiger charge is -2.13. The number of hydrogen-bond donors (Lipinski definition) is 1. The van der Waals surface area contributed by atoms with Gasteiger partial charge in [0.15, 0.2) is 0 Å². The van der Waals surface area contributed by atoms with Gasteiger partial charge in [-0.25, -0.2) is 4.98 Å². The van der Waals surface area contributed by atoms with E-state index in [9.17, 15) is 9.59 Å². The van der Waals surface area contributed by atoms with Gasteiger partial charge < -0.3 is 5.32 Å². The Morgan fingerprint density at radius 2 is 1.74 bits per heavy atom. The van der Waals surface area contributed by atoms with Crippen molar-refractivity contribution >= 4 is 23.2 Å². The van der Waals surface area contributed by atoms with Gasteiger partial charge in [0, 0.05) is 28.0 Å². The molecule has 6 heteroatoms.